The van der Waals surface area contributed by atoms with Gasteiger partial charge in [-0.3, -0.25) is 4.79 Å². The van der Waals surface area contributed by atoms with Crippen molar-refractivity contribution in [1.29, 1.82) is 0 Å². The number of rotatable bonds is 7. The summed E-state index contributed by atoms with van der Waals surface area (Å²) < 4.78 is 0. The summed E-state index contributed by atoms with van der Waals surface area (Å²) in [5, 5.41) is 3.79. The normalized spacial score (nSPS) is 10.6. The third-order valence-corrected chi connectivity index (χ3v) is 5.01. The Hall–Kier alpha value is -1.45. The molecule has 0 unspecified atom stereocenters. The molecule has 0 spiro atoms. The number of hydrogen-bond acceptors (Lipinski definition) is 2. The highest BCUT2D eigenvalue weighted by atomic mass is 35.5. The lowest BCUT2D eigenvalue weighted by atomic mass is 10.0. The van der Waals surface area contributed by atoms with E-state index in [0.717, 1.165) is 27.7 Å². The van der Waals surface area contributed by atoms with Crippen LogP contribution in [-0.2, 0) is 17.0 Å². The number of halogens is 1. The highest BCUT2D eigenvalue weighted by molar-refractivity contribution is 7.98. The highest BCUT2D eigenvalue weighted by Crippen LogP contribution is 2.20. The van der Waals surface area contributed by atoms with Crippen molar-refractivity contribution >= 4 is 29.3 Å². The van der Waals surface area contributed by atoms with E-state index in [1.165, 1.54) is 11.1 Å². The first-order valence-electron chi connectivity index (χ1n) is 7.70. The molecule has 0 heterocycles. The van der Waals surface area contributed by atoms with E-state index >= 15 is 0 Å². The smallest absolute Gasteiger partial charge is 0.224 e. The minimum Gasteiger partial charge on any atom is -0.355 e. The minimum absolute atomic E-state index is 0.0790. The summed E-state index contributed by atoms with van der Waals surface area (Å²) in [6.45, 7) is 4.79. The van der Waals surface area contributed by atoms with E-state index in [0.29, 0.717) is 13.0 Å². The zero-order valence-electron chi connectivity index (χ0n) is 13.6. The second-order valence-electron chi connectivity index (χ2n) is 5.60. The summed E-state index contributed by atoms with van der Waals surface area (Å²) in [6, 6.07) is 14.1. The Morgan fingerprint density at radius 2 is 1.91 bits per heavy atom. The molecular weight excluding hydrogens is 326 g/mol. The molecule has 0 aliphatic carbocycles. The van der Waals surface area contributed by atoms with E-state index in [1.54, 1.807) is 11.8 Å². The monoisotopic (exact) mass is 347 g/mol. The molecule has 0 saturated carbocycles. The number of hydrogen-bond donors (Lipinski definition) is 1. The van der Waals surface area contributed by atoms with Gasteiger partial charge in [-0.25, -0.2) is 0 Å². The first-order chi connectivity index (χ1) is 11.1. The van der Waals surface area contributed by atoms with Crippen LogP contribution in [0.1, 0.15) is 22.3 Å². The quantitative estimate of drug-likeness (QED) is 0.744. The molecule has 0 bridgehead atoms. The van der Waals surface area contributed by atoms with Crippen LogP contribution >= 0.6 is 23.4 Å². The Balaban J connectivity index is 1.68. The van der Waals surface area contributed by atoms with Gasteiger partial charge in [0.1, 0.15) is 0 Å². The van der Waals surface area contributed by atoms with Gasteiger partial charge in [0.05, 0.1) is 6.42 Å². The molecule has 0 atom stereocenters. The summed E-state index contributed by atoms with van der Waals surface area (Å²) in [5.41, 5.74) is 4.63. The maximum Gasteiger partial charge on any atom is 0.224 e. The Bertz CT molecular complexity index is 672. The summed E-state index contributed by atoms with van der Waals surface area (Å²) in [7, 11) is 0. The van der Waals surface area contributed by atoms with Crippen molar-refractivity contribution in [3.63, 3.8) is 0 Å². The fourth-order valence-electron chi connectivity index (χ4n) is 2.34. The summed E-state index contributed by atoms with van der Waals surface area (Å²) >= 11 is 7.90. The third-order valence-electron chi connectivity index (χ3n) is 3.63. The van der Waals surface area contributed by atoms with Crippen molar-refractivity contribution in [1.82, 2.24) is 5.32 Å². The number of carbonyl (C=O) groups is 1. The zero-order chi connectivity index (χ0) is 16.7. The average Bonchev–Trinajstić information content (AvgIpc) is 2.51. The van der Waals surface area contributed by atoms with Crippen LogP contribution in [0.3, 0.4) is 0 Å². The third kappa shape index (κ3) is 5.92. The van der Waals surface area contributed by atoms with E-state index in [-0.39, 0.29) is 5.91 Å². The molecule has 0 aliphatic rings. The van der Waals surface area contributed by atoms with Crippen molar-refractivity contribution in [2.24, 2.45) is 0 Å². The molecule has 23 heavy (non-hydrogen) atoms. The molecule has 2 nitrogen and oxygen atoms in total. The van der Waals surface area contributed by atoms with Crippen LogP contribution in [0.15, 0.2) is 42.5 Å². The van der Waals surface area contributed by atoms with E-state index in [4.69, 9.17) is 11.6 Å². The predicted octanol–water partition coefficient (Wildman–Crippen LogP) is 4.55. The molecule has 122 valence electrons. The largest absolute Gasteiger partial charge is 0.355 e. The molecule has 0 aromatic heterocycles. The van der Waals surface area contributed by atoms with Crippen LogP contribution in [-0.4, -0.2) is 18.2 Å². The van der Waals surface area contributed by atoms with Crippen LogP contribution in [0.5, 0.6) is 0 Å². The minimum atomic E-state index is 0.0790. The molecule has 0 radical (unpaired) electrons. The van der Waals surface area contributed by atoms with Crippen molar-refractivity contribution < 1.29 is 4.79 Å². The Morgan fingerprint density at radius 3 is 2.65 bits per heavy atom. The van der Waals surface area contributed by atoms with Crippen LogP contribution < -0.4 is 5.32 Å². The number of aryl methyl sites for hydroxylation is 2. The topological polar surface area (TPSA) is 29.1 Å². The number of amides is 1. The molecule has 1 N–H and O–H groups in total. The summed E-state index contributed by atoms with van der Waals surface area (Å²) in [5.74, 6) is 1.83. The number of benzene rings is 2. The van der Waals surface area contributed by atoms with Crippen molar-refractivity contribution in [2.75, 3.05) is 12.3 Å². The predicted molar refractivity (Wildman–Crippen MR) is 100 cm³/mol. The van der Waals surface area contributed by atoms with Crippen molar-refractivity contribution in [2.45, 2.75) is 26.0 Å². The zero-order valence-corrected chi connectivity index (χ0v) is 15.1. The average molecular weight is 348 g/mol. The van der Waals surface area contributed by atoms with E-state index in [2.05, 4.69) is 31.3 Å². The van der Waals surface area contributed by atoms with Gasteiger partial charge in [0.2, 0.25) is 5.91 Å². The molecular formula is C19H22ClNOS. The summed E-state index contributed by atoms with van der Waals surface area (Å²) in [6.07, 6.45) is 0.446. The second kappa shape index (κ2) is 8.99. The fraction of sp³-hybridized carbons (Fsp3) is 0.316. The molecule has 1 amide bonds. The van der Waals surface area contributed by atoms with Crippen LogP contribution in [0.4, 0.5) is 0 Å². The number of thioether (sulfide) groups is 1. The first kappa shape index (κ1) is 17.9. The summed E-state index contributed by atoms with van der Waals surface area (Å²) in [4.78, 5) is 12.0. The number of carbonyl (C=O) groups excluding carboxylic acids is 1. The van der Waals surface area contributed by atoms with Crippen LogP contribution in [0.2, 0.25) is 5.02 Å². The lowest BCUT2D eigenvalue weighted by molar-refractivity contribution is -0.120. The van der Waals surface area contributed by atoms with E-state index in [9.17, 15) is 4.79 Å². The molecule has 0 aliphatic heterocycles. The van der Waals surface area contributed by atoms with Gasteiger partial charge in [0, 0.05) is 23.1 Å². The number of nitrogens with one attached hydrogen (secondary N) is 1. The molecule has 2 aromatic carbocycles. The molecule has 4 heteroatoms. The van der Waals surface area contributed by atoms with Gasteiger partial charge in [-0.05, 0) is 36.6 Å². The fourth-order valence-corrected chi connectivity index (χ4v) is 3.48. The van der Waals surface area contributed by atoms with Gasteiger partial charge in [0.25, 0.3) is 0 Å². The lowest BCUT2D eigenvalue weighted by Crippen LogP contribution is -2.27. The van der Waals surface area contributed by atoms with Gasteiger partial charge in [0.15, 0.2) is 0 Å². The Labute approximate surface area is 147 Å². The molecule has 0 saturated heterocycles. The van der Waals surface area contributed by atoms with Crippen molar-refractivity contribution in [3.8, 4) is 0 Å². The van der Waals surface area contributed by atoms with Gasteiger partial charge < -0.3 is 5.32 Å². The highest BCUT2D eigenvalue weighted by Gasteiger charge is 2.06. The standard InChI is InChI=1S/C19H22ClNOS/c1-14-7-8-16(15(2)11-14)12-19(22)21-9-10-23-13-17-5-3-4-6-18(17)20/h3-8,11H,9-10,12-13H2,1-2H3,(H,21,22). The Morgan fingerprint density at radius 1 is 1.13 bits per heavy atom. The van der Waals surface area contributed by atoms with Gasteiger partial charge >= 0.3 is 0 Å². The Kier molecular flexibility index (Phi) is 7.00. The lowest BCUT2D eigenvalue weighted by Gasteiger charge is -2.08. The van der Waals surface area contributed by atoms with Crippen molar-refractivity contribution in [3.05, 3.63) is 69.7 Å². The maximum atomic E-state index is 12.0. The first-order valence-corrected chi connectivity index (χ1v) is 9.23. The van der Waals surface area contributed by atoms with Gasteiger partial charge in [-0.1, -0.05) is 53.6 Å². The second-order valence-corrected chi connectivity index (χ2v) is 7.11. The SMILES string of the molecule is Cc1ccc(CC(=O)NCCSCc2ccccc2Cl)c(C)c1. The molecule has 2 rings (SSSR count). The van der Waals surface area contributed by atoms with Crippen LogP contribution in [0, 0.1) is 13.8 Å². The van der Waals surface area contributed by atoms with Gasteiger partial charge in [-0.15, -0.1) is 0 Å². The van der Waals surface area contributed by atoms with Crippen LogP contribution in [0.25, 0.3) is 0 Å². The maximum absolute atomic E-state index is 12.0. The van der Waals surface area contributed by atoms with Gasteiger partial charge in [-0.2, -0.15) is 11.8 Å². The molecule has 0 fully saturated rings. The van der Waals surface area contributed by atoms with E-state index < -0.39 is 0 Å². The molecule has 2 aromatic rings. The van der Waals surface area contributed by atoms with E-state index in [1.807, 2.05) is 30.3 Å².